The van der Waals surface area contributed by atoms with Crippen LogP contribution in [0, 0.1) is 20.8 Å². The summed E-state index contributed by atoms with van der Waals surface area (Å²) in [5.74, 6) is 0. The van der Waals surface area contributed by atoms with E-state index in [1.807, 2.05) is 27.7 Å². The van der Waals surface area contributed by atoms with Crippen LogP contribution in [-0.2, 0) is 0 Å². The average molecular weight is 223 g/mol. The smallest absolute Gasteiger partial charge is 0.0420 e. The van der Waals surface area contributed by atoms with E-state index in [2.05, 4.69) is 51.9 Å². The van der Waals surface area contributed by atoms with Gasteiger partial charge in [0, 0.05) is 19.8 Å². The molecule has 0 aliphatic heterocycles. The van der Waals surface area contributed by atoms with E-state index in [0.717, 1.165) is 0 Å². The summed E-state index contributed by atoms with van der Waals surface area (Å²) in [6.07, 6.45) is 0. The van der Waals surface area contributed by atoms with Crippen molar-refractivity contribution in [2.75, 3.05) is 19.0 Å². The summed E-state index contributed by atoms with van der Waals surface area (Å²) in [6, 6.07) is 4.45. The molecule has 0 spiro atoms. The fourth-order valence-electron chi connectivity index (χ4n) is 1.88. The molecule has 0 radical (unpaired) electrons. The number of benzene rings is 1. The van der Waals surface area contributed by atoms with Crippen molar-refractivity contribution in [2.24, 2.45) is 0 Å². The van der Waals surface area contributed by atoms with Gasteiger partial charge in [-0.25, -0.2) is 0 Å². The molecule has 0 saturated carbocycles. The van der Waals surface area contributed by atoms with Crippen LogP contribution in [0.4, 0.5) is 5.69 Å². The van der Waals surface area contributed by atoms with Gasteiger partial charge in [0.05, 0.1) is 0 Å². The van der Waals surface area contributed by atoms with Gasteiger partial charge < -0.3 is 4.90 Å². The Balaban J connectivity index is 0. The van der Waals surface area contributed by atoms with E-state index >= 15 is 0 Å². The number of hydrogen-bond acceptors (Lipinski definition) is 1. The number of anilines is 1. The highest BCUT2D eigenvalue weighted by Gasteiger charge is 2.04. The highest BCUT2D eigenvalue weighted by atomic mass is 15.1. The van der Waals surface area contributed by atoms with Crippen molar-refractivity contribution in [1.82, 2.24) is 0 Å². The van der Waals surface area contributed by atoms with E-state index in [4.69, 9.17) is 0 Å². The van der Waals surface area contributed by atoms with Crippen LogP contribution in [0.2, 0.25) is 0 Å². The second-order valence-electron chi connectivity index (χ2n) is 3.64. The van der Waals surface area contributed by atoms with Gasteiger partial charge in [0.2, 0.25) is 0 Å². The van der Waals surface area contributed by atoms with Gasteiger partial charge in [-0.1, -0.05) is 45.4 Å². The van der Waals surface area contributed by atoms with Gasteiger partial charge in [-0.3, -0.25) is 0 Å². The minimum Gasteiger partial charge on any atom is -0.377 e. The molecule has 1 nitrogen and oxygen atoms in total. The van der Waals surface area contributed by atoms with Crippen LogP contribution in [0.25, 0.3) is 0 Å². The topological polar surface area (TPSA) is 3.24 Å². The van der Waals surface area contributed by atoms with Crippen LogP contribution in [-0.4, -0.2) is 14.1 Å². The molecule has 0 bridgehead atoms. The van der Waals surface area contributed by atoms with Crippen molar-refractivity contribution < 1.29 is 0 Å². The molecule has 0 heterocycles. The molecule has 0 aliphatic carbocycles. The lowest BCUT2D eigenvalue weighted by Gasteiger charge is -2.19. The second-order valence-corrected chi connectivity index (χ2v) is 3.64. The number of aryl methyl sites for hydroxylation is 3. The highest BCUT2D eigenvalue weighted by Crippen LogP contribution is 2.23. The minimum atomic E-state index is 1.34. The molecule has 1 aromatic rings. The molecule has 0 saturated heterocycles. The Morgan fingerprint density at radius 1 is 0.750 bits per heavy atom. The number of nitrogens with zero attached hydrogens (tertiary/aromatic N) is 1. The molecular weight excluding hydrogens is 194 g/mol. The van der Waals surface area contributed by atoms with Crippen LogP contribution in [0.1, 0.15) is 44.4 Å². The zero-order valence-corrected chi connectivity index (χ0v) is 12.6. The van der Waals surface area contributed by atoms with Crippen molar-refractivity contribution in [3.8, 4) is 0 Å². The normalized spacial score (nSPS) is 8.31. The predicted molar refractivity (Wildman–Crippen MR) is 77.7 cm³/mol. The second kappa shape index (κ2) is 9.26. The molecular formula is C15H29N. The van der Waals surface area contributed by atoms with E-state index in [-0.39, 0.29) is 0 Å². The molecule has 0 aromatic heterocycles. The molecule has 1 aromatic carbocycles. The lowest BCUT2D eigenvalue weighted by Crippen LogP contribution is -2.12. The molecule has 1 heteroatoms. The van der Waals surface area contributed by atoms with Gasteiger partial charge in [0.15, 0.2) is 0 Å². The summed E-state index contributed by atoms with van der Waals surface area (Å²) in [6.45, 7) is 14.5. The summed E-state index contributed by atoms with van der Waals surface area (Å²) in [7, 11) is 4.18. The van der Waals surface area contributed by atoms with E-state index in [0.29, 0.717) is 0 Å². The summed E-state index contributed by atoms with van der Waals surface area (Å²) in [5.41, 5.74) is 5.41. The average Bonchev–Trinajstić information content (AvgIpc) is 2.21. The van der Waals surface area contributed by atoms with Gasteiger partial charge in [0.25, 0.3) is 0 Å². The standard InChI is InChI=1S/C11H17N.2C2H6/c1-8-6-9(2)11(12(4)5)10(3)7-8;2*1-2/h6-7H,1-5H3;2*1-2H3. The molecule has 0 atom stereocenters. The first-order chi connectivity index (χ1) is 7.52. The fraction of sp³-hybridized carbons (Fsp3) is 0.600. The van der Waals surface area contributed by atoms with Gasteiger partial charge in [-0.15, -0.1) is 0 Å². The highest BCUT2D eigenvalue weighted by molar-refractivity contribution is 5.59. The van der Waals surface area contributed by atoms with Crippen molar-refractivity contribution in [3.63, 3.8) is 0 Å². The first-order valence-electron chi connectivity index (χ1n) is 6.27. The molecule has 0 aliphatic rings. The van der Waals surface area contributed by atoms with Gasteiger partial charge in [-0.05, 0) is 31.9 Å². The monoisotopic (exact) mass is 223 g/mol. The van der Waals surface area contributed by atoms with Crippen molar-refractivity contribution in [1.29, 1.82) is 0 Å². The van der Waals surface area contributed by atoms with Crippen molar-refractivity contribution in [3.05, 3.63) is 28.8 Å². The van der Waals surface area contributed by atoms with E-state index in [9.17, 15) is 0 Å². The maximum absolute atomic E-state index is 2.22. The molecule has 1 rings (SSSR count). The van der Waals surface area contributed by atoms with Gasteiger partial charge in [-0.2, -0.15) is 0 Å². The summed E-state index contributed by atoms with van der Waals surface area (Å²) in [5, 5.41) is 0. The van der Waals surface area contributed by atoms with Crippen LogP contribution in [0.15, 0.2) is 12.1 Å². The molecule has 94 valence electrons. The van der Waals surface area contributed by atoms with Crippen molar-refractivity contribution in [2.45, 2.75) is 48.5 Å². The van der Waals surface area contributed by atoms with Crippen LogP contribution in [0.3, 0.4) is 0 Å². The third kappa shape index (κ3) is 5.20. The van der Waals surface area contributed by atoms with Gasteiger partial charge in [0.1, 0.15) is 0 Å². The molecule has 0 unspecified atom stereocenters. The largest absolute Gasteiger partial charge is 0.377 e. The summed E-state index contributed by atoms with van der Waals surface area (Å²) in [4.78, 5) is 2.17. The molecule has 0 fully saturated rings. The lowest BCUT2D eigenvalue weighted by atomic mass is 10.0. The summed E-state index contributed by atoms with van der Waals surface area (Å²) < 4.78 is 0. The van der Waals surface area contributed by atoms with E-state index in [1.54, 1.807) is 0 Å². The Bertz CT molecular complexity index is 264. The first-order valence-corrected chi connectivity index (χ1v) is 6.27. The molecule has 0 amide bonds. The Morgan fingerprint density at radius 2 is 1.06 bits per heavy atom. The van der Waals surface area contributed by atoms with E-state index in [1.165, 1.54) is 22.4 Å². The lowest BCUT2D eigenvalue weighted by molar-refractivity contribution is 1.09. The minimum absolute atomic E-state index is 1.34. The Morgan fingerprint density at radius 3 is 1.31 bits per heavy atom. The van der Waals surface area contributed by atoms with Crippen LogP contribution < -0.4 is 4.90 Å². The van der Waals surface area contributed by atoms with Gasteiger partial charge >= 0.3 is 0 Å². The third-order valence-corrected chi connectivity index (χ3v) is 2.08. The number of hydrogen-bond donors (Lipinski definition) is 0. The zero-order valence-electron chi connectivity index (χ0n) is 12.6. The quantitative estimate of drug-likeness (QED) is 0.665. The van der Waals surface area contributed by atoms with Crippen molar-refractivity contribution >= 4 is 5.69 Å². The Kier molecular flexibility index (Phi) is 10.1. The van der Waals surface area contributed by atoms with Crippen LogP contribution in [0.5, 0.6) is 0 Å². The Hall–Kier alpha value is -0.980. The Labute approximate surface area is 102 Å². The van der Waals surface area contributed by atoms with Crippen LogP contribution >= 0.6 is 0 Å². The maximum Gasteiger partial charge on any atom is 0.0420 e. The van der Waals surface area contributed by atoms with E-state index < -0.39 is 0 Å². The molecule has 16 heavy (non-hydrogen) atoms. The maximum atomic E-state index is 2.22. The molecule has 0 N–H and O–H groups in total. The first kappa shape index (κ1) is 17.4. The fourth-order valence-corrected chi connectivity index (χ4v) is 1.88. The number of rotatable bonds is 1. The zero-order chi connectivity index (χ0) is 13.3. The predicted octanol–water partition coefficient (Wildman–Crippen LogP) is 4.73. The SMILES string of the molecule is CC.CC.Cc1cc(C)c(N(C)C)c(C)c1. The third-order valence-electron chi connectivity index (χ3n) is 2.08. The summed E-state index contributed by atoms with van der Waals surface area (Å²) >= 11 is 0.